The summed E-state index contributed by atoms with van der Waals surface area (Å²) in [6, 6.07) is 2.80. The lowest BCUT2D eigenvalue weighted by atomic mass is 9.73. The molecule has 25 heavy (non-hydrogen) atoms. The third-order valence-corrected chi connectivity index (χ3v) is 4.81. The first kappa shape index (κ1) is 19.7. The summed E-state index contributed by atoms with van der Waals surface area (Å²) in [6.07, 6.45) is -4.73. The number of hydrogen-bond acceptors (Lipinski definition) is 3. The molecule has 0 aliphatic carbocycles. The zero-order valence-electron chi connectivity index (χ0n) is 13.8. The van der Waals surface area contributed by atoms with Crippen molar-refractivity contribution in [2.75, 3.05) is 13.1 Å². The fourth-order valence-electron chi connectivity index (χ4n) is 3.42. The molecule has 0 spiro atoms. The summed E-state index contributed by atoms with van der Waals surface area (Å²) in [6.45, 7) is 2.30. The Morgan fingerprint density at radius 2 is 2.08 bits per heavy atom. The van der Waals surface area contributed by atoms with Crippen LogP contribution in [-0.2, 0) is 17.5 Å². The summed E-state index contributed by atoms with van der Waals surface area (Å²) in [4.78, 5) is 13.3. The zero-order valence-corrected chi connectivity index (χ0v) is 13.8. The van der Waals surface area contributed by atoms with Crippen molar-refractivity contribution >= 4 is 5.97 Å². The molecule has 2 atom stereocenters. The van der Waals surface area contributed by atoms with Crippen LogP contribution in [0.1, 0.15) is 37.3 Å². The van der Waals surface area contributed by atoms with Crippen molar-refractivity contribution in [3.05, 3.63) is 35.1 Å². The van der Waals surface area contributed by atoms with Crippen LogP contribution >= 0.6 is 0 Å². The Kier molecular flexibility index (Phi) is 5.73. The molecule has 2 rings (SSSR count). The second-order valence-electron chi connectivity index (χ2n) is 6.52. The third kappa shape index (κ3) is 4.12. The highest BCUT2D eigenvalue weighted by molar-refractivity contribution is 5.75. The minimum absolute atomic E-state index is 0.0467. The van der Waals surface area contributed by atoms with E-state index in [2.05, 4.69) is 0 Å². The highest BCUT2D eigenvalue weighted by atomic mass is 19.4. The van der Waals surface area contributed by atoms with Gasteiger partial charge in [0.05, 0.1) is 17.1 Å². The fourth-order valence-corrected chi connectivity index (χ4v) is 3.42. The summed E-state index contributed by atoms with van der Waals surface area (Å²) in [5, 5.41) is 19.8. The highest BCUT2D eigenvalue weighted by Crippen LogP contribution is 2.38. The molecule has 0 unspecified atom stereocenters. The maximum absolute atomic E-state index is 13.3. The Morgan fingerprint density at radius 1 is 1.40 bits per heavy atom. The topological polar surface area (TPSA) is 60.8 Å². The first-order chi connectivity index (χ1) is 11.6. The van der Waals surface area contributed by atoms with Gasteiger partial charge in [-0.25, -0.2) is 4.39 Å². The van der Waals surface area contributed by atoms with Gasteiger partial charge in [0, 0.05) is 13.1 Å². The number of aliphatic carboxylic acids is 1. The van der Waals surface area contributed by atoms with Gasteiger partial charge in [0.2, 0.25) is 0 Å². The number of hydrogen-bond donors (Lipinski definition) is 2. The second kappa shape index (κ2) is 7.29. The number of halogens is 4. The van der Waals surface area contributed by atoms with Crippen molar-refractivity contribution in [3.63, 3.8) is 0 Å². The largest absolute Gasteiger partial charge is 0.481 e. The molecule has 1 aliphatic rings. The van der Waals surface area contributed by atoms with E-state index in [1.807, 2.05) is 6.92 Å². The Labute approximate surface area is 143 Å². The van der Waals surface area contributed by atoms with Crippen molar-refractivity contribution in [1.29, 1.82) is 0 Å². The van der Waals surface area contributed by atoms with Crippen molar-refractivity contribution in [3.8, 4) is 0 Å². The standard InChI is InChI=1S/C17H21F4NO3/c1-2-5-16(15(24)25)6-7-22(10-14(16)23)9-11-3-4-13(18)12(8-11)17(19,20)21/h3-4,8,14,23H,2,5-7,9-10H2,1H3,(H,24,25)/t14-,16-/m0/s1. The summed E-state index contributed by atoms with van der Waals surface area (Å²) in [5.41, 5.74) is -2.28. The van der Waals surface area contributed by atoms with Crippen LogP contribution in [0, 0.1) is 11.2 Å². The zero-order chi connectivity index (χ0) is 18.8. The number of aliphatic hydroxyl groups is 1. The molecular weight excluding hydrogens is 342 g/mol. The number of carboxylic acid groups (broad SMARTS) is 1. The van der Waals surface area contributed by atoms with Crippen LogP contribution in [0.5, 0.6) is 0 Å². The molecule has 0 aromatic heterocycles. The number of rotatable bonds is 5. The number of benzene rings is 1. The van der Waals surface area contributed by atoms with E-state index in [-0.39, 0.29) is 25.1 Å². The Bertz CT molecular complexity index is 635. The Hall–Kier alpha value is -1.67. The number of nitrogens with zero attached hydrogens (tertiary/aromatic N) is 1. The molecule has 0 saturated carbocycles. The summed E-state index contributed by atoms with van der Waals surface area (Å²) in [7, 11) is 0. The summed E-state index contributed by atoms with van der Waals surface area (Å²) < 4.78 is 51.7. The van der Waals surface area contributed by atoms with Crippen molar-refractivity contribution in [2.24, 2.45) is 5.41 Å². The number of carboxylic acids is 1. The number of piperidine rings is 1. The predicted octanol–water partition coefficient (Wildman–Crippen LogP) is 3.28. The van der Waals surface area contributed by atoms with Gasteiger partial charge in [0.25, 0.3) is 0 Å². The van der Waals surface area contributed by atoms with Crippen LogP contribution in [0.15, 0.2) is 18.2 Å². The number of β-amino-alcohol motifs (C(OH)–C–C–N with tert-alkyl or cyclic N) is 1. The van der Waals surface area contributed by atoms with E-state index < -0.39 is 35.0 Å². The molecular formula is C17H21F4NO3. The minimum atomic E-state index is -4.78. The first-order valence-corrected chi connectivity index (χ1v) is 8.09. The summed E-state index contributed by atoms with van der Waals surface area (Å²) in [5.74, 6) is -2.38. The van der Waals surface area contributed by atoms with Crippen LogP contribution in [0.4, 0.5) is 17.6 Å². The van der Waals surface area contributed by atoms with Gasteiger partial charge in [-0.15, -0.1) is 0 Å². The molecule has 0 radical (unpaired) electrons. The molecule has 1 heterocycles. The molecule has 1 saturated heterocycles. The van der Waals surface area contributed by atoms with Gasteiger partial charge >= 0.3 is 12.1 Å². The van der Waals surface area contributed by atoms with Crippen molar-refractivity contribution in [2.45, 2.75) is 45.0 Å². The van der Waals surface area contributed by atoms with Gasteiger partial charge < -0.3 is 10.2 Å². The van der Waals surface area contributed by atoms with Crippen molar-refractivity contribution < 1.29 is 32.6 Å². The maximum Gasteiger partial charge on any atom is 0.419 e. The molecule has 4 nitrogen and oxygen atoms in total. The first-order valence-electron chi connectivity index (χ1n) is 8.09. The van der Waals surface area contributed by atoms with Gasteiger partial charge in [0.1, 0.15) is 5.82 Å². The fraction of sp³-hybridized carbons (Fsp3) is 0.588. The van der Waals surface area contributed by atoms with E-state index in [0.717, 1.165) is 12.1 Å². The van der Waals surface area contributed by atoms with E-state index in [4.69, 9.17) is 0 Å². The average Bonchev–Trinajstić information content (AvgIpc) is 2.50. The molecule has 140 valence electrons. The van der Waals surface area contributed by atoms with Crippen LogP contribution in [0.2, 0.25) is 0 Å². The molecule has 1 aromatic rings. The number of alkyl halides is 3. The number of likely N-dealkylation sites (tertiary alicyclic amines) is 1. The van der Waals surface area contributed by atoms with Gasteiger partial charge in [-0.2, -0.15) is 13.2 Å². The lowest BCUT2D eigenvalue weighted by Crippen LogP contribution is -2.54. The van der Waals surface area contributed by atoms with Crippen molar-refractivity contribution in [1.82, 2.24) is 4.90 Å². The van der Waals surface area contributed by atoms with E-state index in [1.54, 1.807) is 4.90 Å². The second-order valence-corrected chi connectivity index (χ2v) is 6.52. The molecule has 1 fully saturated rings. The SMILES string of the molecule is CCC[C@]1(C(=O)O)CCN(Cc2ccc(F)c(C(F)(F)F)c2)C[C@@H]1O. The van der Waals surface area contributed by atoms with Crippen LogP contribution in [-0.4, -0.2) is 40.3 Å². The molecule has 1 aliphatic heterocycles. The average molecular weight is 363 g/mol. The lowest BCUT2D eigenvalue weighted by molar-refractivity contribution is -0.164. The minimum Gasteiger partial charge on any atom is -0.481 e. The lowest BCUT2D eigenvalue weighted by Gasteiger charge is -2.42. The van der Waals surface area contributed by atoms with Gasteiger partial charge in [-0.1, -0.05) is 19.4 Å². The third-order valence-electron chi connectivity index (χ3n) is 4.81. The number of carbonyl (C=O) groups is 1. The van der Waals surface area contributed by atoms with E-state index in [9.17, 15) is 32.6 Å². The monoisotopic (exact) mass is 363 g/mol. The highest BCUT2D eigenvalue weighted by Gasteiger charge is 2.47. The molecule has 8 heteroatoms. The quantitative estimate of drug-likeness (QED) is 0.789. The smallest absolute Gasteiger partial charge is 0.419 e. The van der Waals surface area contributed by atoms with Crippen LogP contribution in [0.3, 0.4) is 0 Å². The maximum atomic E-state index is 13.3. The molecule has 1 aromatic carbocycles. The number of aliphatic hydroxyl groups excluding tert-OH is 1. The Balaban J connectivity index is 2.13. The van der Waals surface area contributed by atoms with Crippen LogP contribution in [0.25, 0.3) is 0 Å². The predicted molar refractivity (Wildman–Crippen MR) is 82.3 cm³/mol. The molecule has 0 bridgehead atoms. The molecule has 0 amide bonds. The van der Waals surface area contributed by atoms with E-state index in [1.165, 1.54) is 6.07 Å². The normalized spacial score (nSPS) is 25.1. The van der Waals surface area contributed by atoms with Gasteiger partial charge in [-0.3, -0.25) is 9.69 Å². The Morgan fingerprint density at radius 3 is 2.60 bits per heavy atom. The van der Waals surface area contributed by atoms with E-state index >= 15 is 0 Å². The van der Waals surface area contributed by atoms with Crippen LogP contribution < -0.4 is 0 Å². The van der Waals surface area contributed by atoms with E-state index in [0.29, 0.717) is 19.4 Å². The molecule has 2 N–H and O–H groups in total. The van der Waals surface area contributed by atoms with Gasteiger partial charge in [0.15, 0.2) is 0 Å². The summed E-state index contributed by atoms with van der Waals surface area (Å²) >= 11 is 0. The van der Waals surface area contributed by atoms with Gasteiger partial charge in [-0.05, 0) is 37.1 Å².